The van der Waals surface area contributed by atoms with Crippen molar-refractivity contribution in [2.75, 3.05) is 11.9 Å². The quantitative estimate of drug-likeness (QED) is 0.734. The zero-order chi connectivity index (χ0) is 14.1. The molecule has 1 N–H and O–H groups in total. The summed E-state index contributed by atoms with van der Waals surface area (Å²) in [6.45, 7) is 0.703. The Balaban J connectivity index is 1.98. The van der Waals surface area contributed by atoms with Crippen LogP contribution in [0.3, 0.4) is 0 Å². The molecule has 1 aromatic carbocycles. The number of rotatable bonds is 3. The van der Waals surface area contributed by atoms with E-state index in [2.05, 4.69) is 42.2 Å². The highest BCUT2D eigenvalue weighted by Crippen LogP contribution is 2.25. The first-order valence-corrected chi connectivity index (χ1v) is 7.13. The number of hydrogen-bond acceptors (Lipinski definition) is 4. The normalized spacial score (nSPS) is 10.9. The van der Waals surface area contributed by atoms with Gasteiger partial charge in [0, 0.05) is 18.1 Å². The van der Waals surface area contributed by atoms with Crippen LogP contribution in [-0.4, -0.2) is 27.2 Å². The molecule has 2 aromatic heterocycles. The van der Waals surface area contributed by atoms with E-state index < -0.39 is 0 Å². The highest BCUT2D eigenvalue weighted by atomic mass is 79.9. The van der Waals surface area contributed by atoms with Crippen molar-refractivity contribution < 1.29 is 0 Å². The Kier molecular flexibility index (Phi) is 3.58. The zero-order valence-electron chi connectivity index (χ0n) is 10.6. The number of anilines is 1. The fourth-order valence-electron chi connectivity index (χ4n) is 2.04. The smallest absolute Gasteiger partial charge is 0.226 e. The molecule has 5 nitrogen and oxygen atoms in total. The van der Waals surface area contributed by atoms with Crippen LogP contribution < -0.4 is 4.90 Å². The lowest BCUT2D eigenvalue weighted by atomic mass is 10.2. The number of hydrogen-bond donors (Lipinski definition) is 1. The van der Waals surface area contributed by atoms with Gasteiger partial charge in [0.15, 0.2) is 5.65 Å². The Morgan fingerprint density at radius 2 is 2.10 bits per heavy atom. The molecule has 0 bridgehead atoms. The molecular weight excluding hydrogens is 342 g/mol. The fourth-order valence-corrected chi connectivity index (χ4v) is 2.62. The number of aromatic nitrogens is 4. The van der Waals surface area contributed by atoms with Gasteiger partial charge in [0.05, 0.1) is 11.6 Å². The molecule has 0 aliphatic heterocycles. The van der Waals surface area contributed by atoms with E-state index in [0.29, 0.717) is 12.2 Å². The van der Waals surface area contributed by atoms with Crippen molar-refractivity contribution in [2.45, 2.75) is 6.54 Å². The second-order valence-corrected chi connectivity index (χ2v) is 5.59. The molecule has 3 aromatic rings. The summed E-state index contributed by atoms with van der Waals surface area (Å²) >= 11 is 9.50. The first kappa shape index (κ1) is 13.3. The second kappa shape index (κ2) is 5.38. The minimum atomic E-state index is 0.204. The number of fused-ring (bicyclic) bond motifs is 1. The summed E-state index contributed by atoms with van der Waals surface area (Å²) in [6.07, 6.45) is 1.71. The van der Waals surface area contributed by atoms with Crippen molar-refractivity contribution in [3.8, 4) is 0 Å². The van der Waals surface area contributed by atoms with E-state index in [1.54, 1.807) is 6.20 Å². The molecule has 7 heteroatoms. The molecule has 0 aliphatic rings. The molecule has 20 heavy (non-hydrogen) atoms. The Bertz CT molecular complexity index is 757. The Morgan fingerprint density at radius 3 is 2.90 bits per heavy atom. The van der Waals surface area contributed by atoms with E-state index in [-0.39, 0.29) is 5.28 Å². The van der Waals surface area contributed by atoms with E-state index in [1.807, 2.05) is 30.1 Å². The van der Waals surface area contributed by atoms with Crippen LogP contribution in [0, 0.1) is 0 Å². The SMILES string of the molecule is CN(Cc1ccccc1Br)c1nc(Cl)nc2[nH]ncc12. The maximum atomic E-state index is 5.95. The maximum absolute atomic E-state index is 5.95. The second-order valence-electron chi connectivity index (χ2n) is 4.40. The van der Waals surface area contributed by atoms with Crippen molar-refractivity contribution in [3.05, 3.63) is 45.8 Å². The van der Waals surface area contributed by atoms with Crippen LogP contribution in [0.5, 0.6) is 0 Å². The molecule has 0 spiro atoms. The summed E-state index contributed by atoms with van der Waals surface area (Å²) in [5.41, 5.74) is 1.81. The van der Waals surface area contributed by atoms with Crippen molar-refractivity contribution in [1.29, 1.82) is 0 Å². The minimum absolute atomic E-state index is 0.204. The number of nitrogens with one attached hydrogen (secondary N) is 1. The molecule has 3 rings (SSSR count). The van der Waals surface area contributed by atoms with Gasteiger partial charge < -0.3 is 4.90 Å². The van der Waals surface area contributed by atoms with Gasteiger partial charge in [-0.2, -0.15) is 15.1 Å². The van der Waals surface area contributed by atoms with Crippen LogP contribution in [-0.2, 0) is 6.54 Å². The van der Waals surface area contributed by atoms with E-state index in [4.69, 9.17) is 11.6 Å². The summed E-state index contributed by atoms with van der Waals surface area (Å²) in [6, 6.07) is 8.08. The lowest BCUT2D eigenvalue weighted by molar-refractivity contribution is 0.896. The molecule has 0 amide bonds. The molecule has 2 heterocycles. The summed E-state index contributed by atoms with van der Waals surface area (Å²) in [5.74, 6) is 0.754. The van der Waals surface area contributed by atoms with E-state index >= 15 is 0 Å². The number of benzene rings is 1. The fraction of sp³-hybridized carbons (Fsp3) is 0.154. The van der Waals surface area contributed by atoms with Crippen LogP contribution in [0.1, 0.15) is 5.56 Å². The molecule has 102 valence electrons. The average Bonchev–Trinajstić information content (AvgIpc) is 2.88. The minimum Gasteiger partial charge on any atom is -0.355 e. The molecule has 0 aliphatic carbocycles. The van der Waals surface area contributed by atoms with Gasteiger partial charge in [0.2, 0.25) is 5.28 Å². The van der Waals surface area contributed by atoms with Crippen LogP contribution in [0.15, 0.2) is 34.9 Å². The predicted octanol–water partition coefficient (Wildman–Crippen LogP) is 3.41. The highest BCUT2D eigenvalue weighted by Gasteiger charge is 2.13. The van der Waals surface area contributed by atoms with Gasteiger partial charge in [0.1, 0.15) is 5.82 Å². The Hall–Kier alpha value is -1.66. The molecule has 0 unspecified atom stereocenters. The van der Waals surface area contributed by atoms with Crippen LogP contribution >= 0.6 is 27.5 Å². The summed E-state index contributed by atoms with van der Waals surface area (Å²) in [4.78, 5) is 10.4. The lowest BCUT2D eigenvalue weighted by Crippen LogP contribution is -2.18. The predicted molar refractivity (Wildman–Crippen MR) is 82.9 cm³/mol. The maximum Gasteiger partial charge on any atom is 0.226 e. The largest absolute Gasteiger partial charge is 0.355 e. The monoisotopic (exact) mass is 351 g/mol. The van der Waals surface area contributed by atoms with E-state index in [1.165, 1.54) is 5.56 Å². The molecule has 0 fully saturated rings. The molecular formula is C13H11BrClN5. The van der Waals surface area contributed by atoms with Crippen molar-refractivity contribution >= 4 is 44.4 Å². The number of nitrogens with zero attached hydrogens (tertiary/aromatic N) is 4. The van der Waals surface area contributed by atoms with E-state index in [0.717, 1.165) is 15.7 Å². The Morgan fingerprint density at radius 1 is 1.30 bits per heavy atom. The molecule has 0 saturated heterocycles. The molecule has 0 saturated carbocycles. The summed E-state index contributed by atoms with van der Waals surface area (Å²) in [7, 11) is 1.96. The first-order valence-electron chi connectivity index (χ1n) is 5.96. The van der Waals surface area contributed by atoms with Gasteiger partial charge in [0.25, 0.3) is 0 Å². The topological polar surface area (TPSA) is 57.7 Å². The van der Waals surface area contributed by atoms with Crippen molar-refractivity contribution in [2.24, 2.45) is 0 Å². The van der Waals surface area contributed by atoms with Crippen LogP contribution in [0.25, 0.3) is 11.0 Å². The van der Waals surface area contributed by atoms with E-state index in [9.17, 15) is 0 Å². The Labute approximate surface area is 129 Å². The number of halogens is 2. The first-order chi connectivity index (χ1) is 9.65. The van der Waals surface area contributed by atoms with Gasteiger partial charge in [-0.05, 0) is 23.2 Å². The number of H-pyrrole nitrogens is 1. The summed E-state index contributed by atoms with van der Waals surface area (Å²) < 4.78 is 1.07. The highest BCUT2D eigenvalue weighted by molar-refractivity contribution is 9.10. The third-order valence-electron chi connectivity index (χ3n) is 2.99. The molecule has 0 atom stereocenters. The van der Waals surface area contributed by atoms with Gasteiger partial charge in [-0.25, -0.2) is 0 Å². The van der Waals surface area contributed by atoms with Gasteiger partial charge in [-0.3, -0.25) is 5.10 Å². The standard InChI is InChI=1S/C13H11BrClN5/c1-20(7-8-4-2-3-5-10(8)14)12-9-6-16-19-11(9)17-13(15)18-12/h2-6H,7H2,1H3,(H,16,17,18,19). The van der Waals surface area contributed by atoms with Gasteiger partial charge in [-0.1, -0.05) is 34.1 Å². The third kappa shape index (κ3) is 2.48. The average molecular weight is 353 g/mol. The van der Waals surface area contributed by atoms with Gasteiger partial charge >= 0.3 is 0 Å². The summed E-state index contributed by atoms with van der Waals surface area (Å²) in [5, 5.41) is 7.85. The van der Waals surface area contributed by atoms with Crippen molar-refractivity contribution in [1.82, 2.24) is 20.2 Å². The molecule has 0 radical (unpaired) electrons. The number of aromatic amines is 1. The zero-order valence-corrected chi connectivity index (χ0v) is 13.0. The van der Waals surface area contributed by atoms with Crippen LogP contribution in [0.2, 0.25) is 5.28 Å². The lowest BCUT2D eigenvalue weighted by Gasteiger charge is -2.19. The van der Waals surface area contributed by atoms with Crippen LogP contribution in [0.4, 0.5) is 5.82 Å². The van der Waals surface area contributed by atoms with Gasteiger partial charge in [-0.15, -0.1) is 0 Å². The third-order valence-corrected chi connectivity index (χ3v) is 3.93. The van der Waals surface area contributed by atoms with Crippen molar-refractivity contribution in [3.63, 3.8) is 0 Å².